The van der Waals surface area contributed by atoms with E-state index in [1.165, 1.54) is 25.9 Å². The summed E-state index contributed by atoms with van der Waals surface area (Å²) in [6, 6.07) is 8.42. The molecule has 3 nitrogen and oxygen atoms in total. The average molecular weight is 337 g/mol. The third-order valence-electron chi connectivity index (χ3n) is 4.49. The van der Waals surface area contributed by atoms with Gasteiger partial charge in [-0.15, -0.1) is 0 Å². The predicted molar refractivity (Wildman–Crippen MR) is 84.1 cm³/mol. The molecule has 0 N–H and O–H groups in total. The van der Waals surface area contributed by atoms with Gasteiger partial charge in [0.15, 0.2) is 5.78 Å². The Morgan fingerprint density at radius 3 is 2.80 bits per heavy atom. The highest BCUT2D eigenvalue weighted by atomic mass is 79.9. The van der Waals surface area contributed by atoms with Crippen LogP contribution < -0.4 is 0 Å². The van der Waals surface area contributed by atoms with Crippen LogP contribution in [0.2, 0.25) is 0 Å². The first-order chi connectivity index (χ1) is 9.72. The Kier molecular flexibility index (Phi) is 4.54. The molecule has 1 aromatic rings. The van der Waals surface area contributed by atoms with Crippen molar-refractivity contribution in [1.82, 2.24) is 9.80 Å². The second-order valence-electron chi connectivity index (χ2n) is 5.81. The standard InChI is InChI=1S/C16H21BrN2O/c17-14-5-3-13(4-6-14)16(20)7-9-18-10-11-19-8-1-2-15(19)12-18/h3-6,15H,1-2,7-12H2. The molecule has 0 radical (unpaired) electrons. The molecular weight excluding hydrogens is 316 g/mol. The van der Waals surface area contributed by atoms with Gasteiger partial charge in [-0.2, -0.15) is 0 Å². The number of carbonyl (C=O) groups is 1. The highest BCUT2D eigenvalue weighted by Crippen LogP contribution is 2.21. The fourth-order valence-corrected chi connectivity index (χ4v) is 3.56. The summed E-state index contributed by atoms with van der Waals surface area (Å²) >= 11 is 3.40. The second-order valence-corrected chi connectivity index (χ2v) is 6.73. The molecule has 3 rings (SSSR count). The van der Waals surface area contributed by atoms with Gasteiger partial charge in [0.25, 0.3) is 0 Å². The van der Waals surface area contributed by atoms with Crippen LogP contribution in [0.1, 0.15) is 29.6 Å². The first kappa shape index (κ1) is 14.2. The molecule has 1 aromatic carbocycles. The molecule has 2 aliphatic rings. The van der Waals surface area contributed by atoms with Crippen LogP contribution in [0, 0.1) is 0 Å². The molecule has 0 saturated carbocycles. The molecule has 0 amide bonds. The Morgan fingerprint density at radius 2 is 2.00 bits per heavy atom. The number of benzene rings is 1. The first-order valence-corrected chi connectivity index (χ1v) is 8.27. The van der Waals surface area contributed by atoms with Crippen molar-refractivity contribution in [3.63, 3.8) is 0 Å². The van der Waals surface area contributed by atoms with E-state index in [1.807, 2.05) is 24.3 Å². The summed E-state index contributed by atoms with van der Waals surface area (Å²) in [4.78, 5) is 17.2. The van der Waals surface area contributed by atoms with Gasteiger partial charge >= 0.3 is 0 Å². The SMILES string of the molecule is O=C(CCN1CCN2CCCC2C1)c1ccc(Br)cc1. The van der Waals surface area contributed by atoms with Crippen molar-refractivity contribution in [3.8, 4) is 0 Å². The van der Waals surface area contributed by atoms with Crippen molar-refractivity contribution in [1.29, 1.82) is 0 Å². The monoisotopic (exact) mass is 336 g/mol. The maximum Gasteiger partial charge on any atom is 0.164 e. The molecule has 4 heteroatoms. The fraction of sp³-hybridized carbons (Fsp3) is 0.562. The zero-order valence-corrected chi connectivity index (χ0v) is 13.3. The molecule has 2 aliphatic heterocycles. The molecule has 2 heterocycles. The van der Waals surface area contributed by atoms with Crippen molar-refractivity contribution in [2.75, 3.05) is 32.7 Å². The number of hydrogen-bond acceptors (Lipinski definition) is 3. The lowest BCUT2D eigenvalue weighted by atomic mass is 10.1. The van der Waals surface area contributed by atoms with Gasteiger partial charge in [-0.25, -0.2) is 0 Å². The summed E-state index contributed by atoms with van der Waals surface area (Å²) in [5, 5.41) is 0. The summed E-state index contributed by atoms with van der Waals surface area (Å²) < 4.78 is 1.02. The van der Waals surface area contributed by atoms with Crippen LogP contribution in [0.15, 0.2) is 28.7 Å². The molecule has 0 aliphatic carbocycles. The quantitative estimate of drug-likeness (QED) is 0.790. The van der Waals surface area contributed by atoms with Crippen LogP contribution in [0.5, 0.6) is 0 Å². The van der Waals surface area contributed by atoms with Gasteiger partial charge in [0.2, 0.25) is 0 Å². The molecule has 108 valence electrons. The Hall–Kier alpha value is -0.710. The van der Waals surface area contributed by atoms with Gasteiger partial charge in [-0.05, 0) is 31.5 Å². The lowest BCUT2D eigenvalue weighted by Crippen LogP contribution is -2.50. The maximum atomic E-state index is 12.2. The van der Waals surface area contributed by atoms with Crippen LogP contribution in [0.3, 0.4) is 0 Å². The van der Waals surface area contributed by atoms with E-state index in [0.29, 0.717) is 6.42 Å². The minimum atomic E-state index is 0.256. The zero-order chi connectivity index (χ0) is 13.9. The van der Waals surface area contributed by atoms with Crippen molar-refractivity contribution in [2.45, 2.75) is 25.3 Å². The molecule has 0 spiro atoms. The number of halogens is 1. The van der Waals surface area contributed by atoms with E-state index in [1.54, 1.807) is 0 Å². The third-order valence-corrected chi connectivity index (χ3v) is 5.02. The molecule has 2 fully saturated rings. The molecule has 1 unspecified atom stereocenters. The maximum absolute atomic E-state index is 12.2. The smallest absolute Gasteiger partial charge is 0.164 e. The van der Waals surface area contributed by atoms with Crippen molar-refractivity contribution in [2.24, 2.45) is 0 Å². The molecule has 20 heavy (non-hydrogen) atoms. The van der Waals surface area contributed by atoms with Crippen LogP contribution in [0.25, 0.3) is 0 Å². The molecule has 0 bridgehead atoms. The van der Waals surface area contributed by atoms with Gasteiger partial charge in [-0.3, -0.25) is 9.69 Å². The largest absolute Gasteiger partial charge is 0.300 e. The van der Waals surface area contributed by atoms with E-state index in [-0.39, 0.29) is 5.78 Å². The van der Waals surface area contributed by atoms with Crippen molar-refractivity contribution < 1.29 is 4.79 Å². The van der Waals surface area contributed by atoms with E-state index in [9.17, 15) is 4.79 Å². The zero-order valence-electron chi connectivity index (χ0n) is 11.7. The van der Waals surface area contributed by atoms with Crippen molar-refractivity contribution >= 4 is 21.7 Å². The van der Waals surface area contributed by atoms with E-state index in [2.05, 4.69) is 25.7 Å². The Labute approximate surface area is 129 Å². The lowest BCUT2D eigenvalue weighted by Gasteiger charge is -2.37. The molecule has 2 saturated heterocycles. The summed E-state index contributed by atoms with van der Waals surface area (Å²) in [7, 11) is 0. The van der Waals surface area contributed by atoms with Gasteiger partial charge in [0.1, 0.15) is 0 Å². The average Bonchev–Trinajstić information content (AvgIpc) is 2.93. The number of rotatable bonds is 4. The van der Waals surface area contributed by atoms with Crippen LogP contribution in [-0.4, -0.2) is 54.3 Å². The number of carbonyl (C=O) groups excluding carboxylic acids is 1. The fourth-order valence-electron chi connectivity index (χ4n) is 3.30. The lowest BCUT2D eigenvalue weighted by molar-refractivity contribution is 0.0871. The Bertz CT molecular complexity index is 474. The minimum Gasteiger partial charge on any atom is -0.300 e. The highest BCUT2D eigenvalue weighted by Gasteiger charge is 2.30. The second kappa shape index (κ2) is 6.37. The number of piperazine rings is 1. The number of ketones is 1. The van der Waals surface area contributed by atoms with Crippen LogP contribution in [-0.2, 0) is 0 Å². The van der Waals surface area contributed by atoms with Gasteiger partial charge in [0, 0.05) is 48.7 Å². The van der Waals surface area contributed by atoms with Gasteiger partial charge < -0.3 is 4.90 Å². The topological polar surface area (TPSA) is 23.6 Å². The molecule has 1 atom stereocenters. The normalized spacial score (nSPS) is 23.8. The van der Waals surface area contributed by atoms with Crippen LogP contribution in [0.4, 0.5) is 0 Å². The number of Topliss-reactive ketones (excluding diaryl/α,β-unsaturated/α-hetero) is 1. The Morgan fingerprint density at radius 1 is 1.20 bits per heavy atom. The third kappa shape index (κ3) is 3.30. The van der Waals surface area contributed by atoms with E-state index >= 15 is 0 Å². The summed E-state index contributed by atoms with van der Waals surface area (Å²) in [5.41, 5.74) is 0.827. The first-order valence-electron chi connectivity index (χ1n) is 7.47. The summed E-state index contributed by atoms with van der Waals surface area (Å²) in [6.45, 7) is 5.62. The highest BCUT2D eigenvalue weighted by molar-refractivity contribution is 9.10. The molecular formula is C16H21BrN2O. The summed E-state index contributed by atoms with van der Waals surface area (Å²) in [6.07, 6.45) is 3.31. The van der Waals surface area contributed by atoms with Gasteiger partial charge in [-0.1, -0.05) is 28.1 Å². The van der Waals surface area contributed by atoms with Crippen LogP contribution >= 0.6 is 15.9 Å². The number of fused-ring (bicyclic) bond motifs is 1. The Balaban J connectivity index is 1.49. The van der Waals surface area contributed by atoms with E-state index in [0.717, 1.165) is 35.7 Å². The predicted octanol–water partition coefficient (Wildman–Crippen LogP) is 2.80. The minimum absolute atomic E-state index is 0.256. The van der Waals surface area contributed by atoms with Crippen molar-refractivity contribution in [3.05, 3.63) is 34.3 Å². The van der Waals surface area contributed by atoms with Gasteiger partial charge in [0.05, 0.1) is 0 Å². The number of nitrogens with zero attached hydrogens (tertiary/aromatic N) is 2. The summed E-state index contributed by atoms with van der Waals surface area (Å²) in [5.74, 6) is 0.256. The van der Waals surface area contributed by atoms with E-state index in [4.69, 9.17) is 0 Å². The van der Waals surface area contributed by atoms with E-state index < -0.39 is 0 Å². The molecule has 0 aromatic heterocycles. The number of hydrogen-bond donors (Lipinski definition) is 0.